The van der Waals surface area contributed by atoms with Crippen LogP contribution < -0.4 is 5.32 Å². The van der Waals surface area contributed by atoms with Crippen LogP contribution in [0.25, 0.3) is 0 Å². The summed E-state index contributed by atoms with van der Waals surface area (Å²) in [6, 6.07) is 0.492. The van der Waals surface area contributed by atoms with E-state index < -0.39 is 0 Å². The van der Waals surface area contributed by atoms with Gasteiger partial charge in [-0.1, -0.05) is 27.7 Å². The monoisotopic (exact) mass is 230 g/mol. The molecule has 3 nitrogen and oxygen atoms in total. The van der Waals surface area contributed by atoms with Crippen LogP contribution in [0, 0.1) is 5.92 Å². The first-order valence-corrected chi connectivity index (χ1v) is 6.63. The predicted molar refractivity (Wildman–Crippen MR) is 70.7 cm³/mol. The molecule has 16 heavy (non-hydrogen) atoms. The highest BCUT2D eigenvalue weighted by Crippen LogP contribution is 2.03. The molecule has 0 radical (unpaired) electrons. The minimum atomic E-state index is -0.255. The second-order valence-electron chi connectivity index (χ2n) is 5.08. The van der Waals surface area contributed by atoms with Crippen LogP contribution in [0.2, 0.25) is 0 Å². The molecule has 0 aliphatic carbocycles. The van der Waals surface area contributed by atoms with Crippen molar-refractivity contribution < 1.29 is 5.11 Å². The van der Waals surface area contributed by atoms with E-state index in [-0.39, 0.29) is 6.10 Å². The van der Waals surface area contributed by atoms with Gasteiger partial charge in [0.05, 0.1) is 6.10 Å². The first-order chi connectivity index (χ1) is 7.49. The Morgan fingerprint density at radius 2 is 1.69 bits per heavy atom. The highest BCUT2D eigenvalue weighted by molar-refractivity contribution is 4.69. The molecule has 0 saturated carbocycles. The Bertz CT molecular complexity index is 158. The molecule has 0 aromatic heterocycles. The quantitative estimate of drug-likeness (QED) is 0.633. The zero-order valence-corrected chi connectivity index (χ0v) is 11.7. The fraction of sp³-hybridized carbons (Fsp3) is 1.00. The fourth-order valence-electron chi connectivity index (χ4n) is 1.97. The van der Waals surface area contributed by atoms with Crippen molar-refractivity contribution in [2.45, 2.75) is 53.2 Å². The van der Waals surface area contributed by atoms with Crippen molar-refractivity contribution in [1.82, 2.24) is 10.2 Å². The number of aliphatic hydroxyl groups excluding tert-OH is 1. The van der Waals surface area contributed by atoms with Crippen LogP contribution in [0.3, 0.4) is 0 Å². The zero-order valence-electron chi connectivity index (χ0n) is 11.7. The van der Waals surface area contributed by atoms with E-state index in [1.54, 1.807) is 0 Å². The summed E-state index contributed by atoms with van der Waals surface area (Å²) in [7, 11) is 0. The number of hydrogen-bond acceptors (Lipinski definition) is 3. The van der Waals surface area contributed by atoms with E-state index in [2.05, 4.69) is 44.8 Å². The fourth-order valence-corrected chi connectivity index (χ4v) is 1.97. The molecule has 0 bridgehead atoms. The normalized spacial score (nSPS) is 15.8. The standard InChI is InChI=1S/C13H30N2O/c1-6-15(7-2)10-13(16)9-14-12(5)8-11(3)4/h11-14,16H,6-10H2,1-5H3. The summed E-state index contributed by atoms with van der Waals surface area (Å²) in [6.45, 7) is 14.4. The number of hydrogen-bond donors (Lipinski definition) is 2. The Kier molecular flexibility index (Phi) is 8.90. The van der Waals surface area contributed by atoms with Gasteiger partial charge in [0.2, 0.25) is 0 Å². The summed E-state index contributed by atoms with van der Waals surface area (Å²) in [5.41, 5.74) is 0. The number of nitrogens with zero attached hydrogens (tertiary/aromatic N) is 1. The molecule has 0 saturated heterocycles. The summed E-state index contributed by atoms with van der Waals surface area (Å²) in [5, 5.41) is 13.3. The Balaban J connectivity index is 3.67. The van der Waals surface area contributed by atoms with E-state index in [9.17, 15) is 5.11 Å². The van der Waals surface area contributed by atoms with Crippen LogP contribution in [0.15, 0.2) is 0 Å². The summed E-state index contributed by atoms with van der Waals surface area (Å²) in [6.07, 6.45) is 0.910. The van der Waals surface area contributed by atoms with Crippen LogP contribution in [0.5, 0.6) is 0 Å². The number of rotatable bonds is 9. The molecular weight excluding hydrogens is 200 g/mol. The number of likely N-dealkylation sites (N-methyl/N-ethyl adjacent to an activating group) is 1. The van der Waals surface area contributed by atoms with E-state index in [1.807, 2.05) is 0 Å². The maximum atomic E-state index is 9.86. The van der Waals surface area contributed by atoms with Gasteiger partial charge in [-0.15, -0.1) is 0 Å². The van der Waals surface area contributed by atoms with Crippen molar-refractivity contribution in [1.29, 1.82) is 0 Å². The molecule has 98 valence electrons. The van der Waals surface area contributed by atoms with Gasteiger partial charge in [0.25, 0.3) is 0 Å². The van der Waals surface area contributed by atoms with Gasteiger partial charge in [-0.25, -0.2) is 0 Å². The SMILES string of the molecule is CCN(CC)CC(O)CNC(C)CC(C)C. The average Bonchev–Trinajstić information content (AvgIpc) is 2.22. The van der Waals surface area contributed by atoms with Crippen LogP contribution in [0.4, 0.5) is 0 Å². The predicted octanol–water partition coefficient (Wildman–Crippen LogP) is 1.71. The molecular formula is C13H30N2O. The Labute approximate surface area is 101 Å². The molecule has 0 rings (SSSR count). The molecule has 0 aliphatic rings. The summed E-state index contributed by atoms with van der Waals surface area (Å²) < 4.78 is 0. The van der Waals surface area contributed by atoms with Crippen molar-refractivity contribution in [3.05, 3.63) is 0 Å². The van der Waals surface area contributed by atoms with Crippen molar-refractivity contribution >= 4 is 0 Å². The molecule has 2 N–H and O–H groups in total. The molecule has 0 aromatic rings. The number of aliphatic hydroxyl groups is 1. The van der Waals surface area contributed by atoms with Gasteiger partial charge in [0.15, 0.2) is 0 Å². The molecule has 0 aromatic carbocycles. The summed E-state index contributed by atoms with van der Waals surface area (Å²) in [5.74, 6) is 0.711. The zero-order chi connectivity index (χ0) is 12.6. The molecule has 0 spiro atoms. The molecule has 2 atom stereocenters. The van der Waals surface area contributed by atoms with Gasteiger partial charge in [-0.2, -0.15) is 0 Å². The topological polar surface area (TPSA) is 35.5 Å². The Hall–Kier alpha value is -0.120. The smallest absolute Gasteiger partial charge is 0.0791 e. The van der Waals surface area contributed by atoms with Gasteiger partial charge in [0.1, 0.15) is 0 Å². The van der Waals surface area contributed by atoms with Crippen LogP contribution in [-0.2, 0) is 0 Å². The highest BCUT2D eigenvalue weighted by Gasteiger charge is 2.10. The van der Waals surface area contributed by atoms with Gasteiger partial charge in [0, 0.05) is 19.1 Å². The van der Waals surface area contributed by atoms with Crippen molar-refractivity contribution in [3.63, 3.8) is 0 Å². The van der Waals surface area contributed by atoms with Gasteiger partial charge >= 0.3 is 0 Å². The van der Waals surface area contributed by atoms with Gasteiger partial charge in [-0.3, -0.25) is 0 Å². The lowest BCUT2D eigenvalue weighted by atomic mass is 10.1. The van der Waals surface area contributed by atoms with Crippen LogP contribution >= 0.6 is 0 Å². The first-order valence-electron chi connectivity index (χ1n) is 6.63. The average molecular weight is 230 g/mol. The molecule has 2 unspecified atom stereocenters. The molecule has 0 fully saturated rings. The van der Waals surface area contributed by atoms with E-state index in [1.165, 1.54) is 0 Å². The second-order valence-corrected chi connectivity index (χ2v) is 5.08. The molecule has 0 amide bonds. The van der Waals surface area contributed by atoms with E-state index in [4.69, 9.17) is 0 Å². The van der Waals surface area contributed by atoms with Crippen molar-refractivity contribution in [3.8, 4) is 0 Å². The lowest BCUT2D eigenvalue weighted by Gasteiger charge is -2.24. The maximum absolute atomic E-state index is 9.86. The summed E-state index contributed by atoms with van der Waals surface area (Å²) in [4.78, 5) is 2.25. The minimum absolute atomic E-state index is 0.255. The largest absolute Gasteiger partial charge is 0.390 e. The third kappa shape index (κ3) is 8.08. The third-order valence-electron chi connectivity index (χ3n) is 2.89. The van der Waals surface area contributed by atoms with Crippen molar-refractivity contribution in [2.75, 3.05) is 26.2 Å². The third-order valence-corrected chi connectivity index (χ3v) is 2.89. The van der Waals surface area contributed by atoms with Crippen molar-refractivity contribution in [2.24, 2.45) is 5.92 Å². The van der Waals surface area contributed by atoms with E-state index >= 15 is 0 Å². The van der Waals surface area contributed by atoms with Gasteiger partial charge in [-0.05, 0) is 32.4 Å². The summed E-state index contributed by atoms with van der Waals surface area (Å²) >= 11 is 0. The second kappa shape index (κ2) is 8.97. The lowest BCUT2D eigenvalue weighted by Crippen LogP contribution is -2.41. The highest BCUT2D eigenvalue weighted by atomic mass is 16.3. The molecule has 0 heterocycles. The van der Waals surface area contributed by atoms with E-state index in [0.29, 0.717) is 18.5 Å². The van der Waals surface area contributed by atoms with Crippen LogP contribution in [-0.4, -0.2) is 48.3 Å². The molecule has 0 aliphatic heterocycles. The van der Waals surface area contributed by atoms with Crippen LogP contribution in [0.1, 0.15) is 41.0 Å². The maximum Gasteiger partial charge on any atom is 0.0791 e. The van der Waals surface area contributed by atoms with E-state index in [0.717, 1.165) is 26.1 Å². The Morgan fingerprint density at radius 1 is 1.12 bits per heavy atom. The minimum Gasteiger partial charge on any atom is -0.390 e. The molecule has 3 heteroatoms. The number of nitrogens with one attached hydrogen (secondary N) is 1. The lowest BCUT2D eigenvalue weighted by molar-refractivity contribution is 0.113. The Morgan fingerprint density at radius 3 is 2.12 bits per heavy atom. The first kappa shape index (κ1) is 15.9. The van der Waals surface area contributed by atoms with Gasteiger partial charge < -0.3 is 15.3 Å².